The van der Waals surface area contributed by atoms with Gasteiger partial charge in [-0.05, 0) is 65.4 Å². The predicted octanol–water partition coefficient (Wildman–Crippen LogP) is 11.4. The van der Waals surface area contributed by atoms with Crippen LogP contribution in [-0.2, 0) is 5.41 Å². The molecule has 1 aromatic heterocycles. The molecule has 47 heavy (non-hydrogen) atoms. The Bertz CT molecular complexity index is 2250. The lowest BCUT2D eigenvalue weighted by atomic mass is 9.78. The third kappa shape index (κ3) is 4.59. The summed E-state index contributed by atoms with van der Waals surface area (Å²) >= 11 is 0. The molecule has 6 aromatic rings. The number of hydrogen-bond acceptors (Lipinski definition) is 4. The molecule has 4 heteroatoms. The standard InChI is InChI=1S/C43H32N2O2/c1-43(2)33-16-10-9-15-32(33)40-34(43)22-24-38-41(40)47-39-25-31(21-23-37(39)46-38)42-44-35(29-13-7-4-8-14-29)26-36(45-42)30-19-17-28(18-20-30)27-11-5-3-6-12-27/h3-9,11-15,17-26H,10,16H2,1-2H3. The molecule has 4 nitrogen and oxygen atoms in total. The van der Waals surface area contributed by atoms with Gasteiger partial charge < -0.3 is 9.47 Å². The average molecular weight is 609 g/mol. The van der Waals surface area contributed by atoms with Gasteiger partial charge in [-0.1, -0.05) is 123 Å². The number of nitrogens with zero attached hydrogens (tertiary/aromatic N) is 2. The molecule has 0 atom stereocenters. The van der Waals surface area contributed by atoms with Crippen molar-refractivity contribution in [2.24, 2.45) is 0 Å². The summed E-state index contributed by atoms with van der Waals surface area (Å²) in [6.07, 6.45) is 6.67. The lowest BCUT2D eigenvalue weighted by Gasteiger charge is -2.27. The number of benzene rings is 5. The van der Waals surface area contributed by atoms with E-state index in [1.165, 1.54) is 27.8 Å². The summed E-state index contributed by atoms with van der Waals surface area (Å²) in [6.45, 7) is 4.64. The van der Waals surface area contributed by atoms with Gasteiger partial charge in [-0.25, -0.2) is 9.97 Å². The molecule has 0 radical (unpaired) electrons. The maximum absolute atomic E-state index is 6.76. The van der Waals surface area contributed by atoms with E-state index in [4.69, 9.17) is 19.4 Å². The van der Waals surface area contributed by atoms with E-state index in [-0.39, 0.29) is 5.41 Å². The van der Waals surface area contributed by atoms with Crippen molar-refractivity contribution in [2.45, 2.75) is 32.1 Å². The predicted molar refractivity (Wildman–Crippen MR) is 189 cm³/mol. The van der Waals surface area contributed by atoms with E-state index in [2.05, 4.69) is 105 Å². The first-order chi connectivity index (χ1) is 23.0. The summed E-state index contributed by atoms with van der Waals surface area (Å²) in [4.78, 5) is 10.2. The van der Waals surface area contributed by atoms with Crippen molar-refractivity contribution in [3.05, 3.63) is 150 Å². The summed E-state index contributed by atoms with van der Waals surface area (Å²) in [6, 6.07) is 41.6. The summed E-state index contributed by atoms with van der Waals surface area (Å²) in [7, 11) is 0. The highest BCUT2D eigenvalue weighted by Crippen LogP contribution is 2.58. The molecule has 0 spiro atoms. The van der Waals surface area contributed by atoms with Crippen molar-refractivity contribution in [3.8, 4) is 68.0 Å². The lowest BCUT2D eigenvalue weighted by Crippen LogP contribution is -2.17. The Labute approximate surface area is 274 Å². The molecule has 5 aromatic carbocycles. The van der Waals surface area contributed by atoms with Crippen LogP contribution in [0.15, 0.2) is 139 Å². The van der Waals surface area contributed by atoms with E-state index >= 15 is 0 Å². The highest BCUT2D eigenvalue weighted by atomic mass is 16.6. The van der Waals surface area contributed by atoms with Crippen LogP contribution >= 0.6 is 0 Å². The maximum atomic E-state index is 6.76. The van der Waals surface area contributed by atoms with Gasteiger partial charge in [0, 0.05) is 27.7 Å². The molecule has 2 heterocycles. The van der Waals surface area contributed by atoms with Crippen LogP contribution in [0.1, 0.15) is 37.8 Å². The van der Waals surface area contributed by atoms with Crippen LogP contribution < -0.4 is 9.47 Å². The van der Waals surface area contributed by atoms with Gasteiger partial charge in [-0.2, -0.15) is 0 Å². The largest absolute Gasteiger partial charge is 0.449 e. The number of ether oxygens (including phenoxy) is 2. The second-order valence-corrected chi connectivity index (χ2v) is 12.9. The number of allylic oxidation sites excluding steroid dienone is 4. The first-order valence-electron chi connectivity index (χ1n) is 16.2. The summed E-state index contributed by atoms with van der Waals surface area (Å²) in [5, 5.41) is 0. The van der Waals surface area contributed by atoms with E-state index in [9.17, 15) is 0 Å². The van der Waals surface area contributed by atoms with Gasteiger partial charge in [-0.15, -0.1) is 0 Å². The second-order valence-electron chi connectivity index (χ2n) is 12.9. The fourth-order valence-corrected chi connectivity index (χ4v) is 7.23. The Morgan fingerprint density at radius 3 is 1.94 bits per heavy atom. The van der Waals surface area contributed by atoms with Crippen molar-refractivity contribution >= 4 is 5.57 Å². The second kappa shape index (κ2) is 10.7. The SMILES string of the molecule is CC1(C)C2=C(C=CCC2)c2c1ccc1c2Oc2cc(-c3nc(-c4ccccc4)cc(-c4ccc(-c5ccccc5)cc4)n3)ccc2O1. The van der Waals surface area contributed by atoms with Crippen LogP contribution in [0.4, 0.5) is 0 Å². The van der Waals surface area contributed by atoms with Crippen LogP contribution in [-0.4, -0.2) is 9.97 Å². The molecule has 0 bridgehead atoms. The van der Waals surface area contributed by atoms with E-state index in [0.29, 0.717) is 17.3 Å². The van der Waals surface area contributed by atoms with E-state index in [1.54, 1.807) is 0 Å². The fraction of sp³-hybridized carbons (Fsp3) is 0.116. The molecule has 226 valence electrons. The molecule has 0 fully saturated rings. The Hall–Kier alpha value is -5.74. The number of rotatable bonds is 4. The Kier molecular flexibility index (Phi) is 6.26. The average Bonchev–Trinajstić information content (AvgIpc) is 3.37. The molecule has 2 aliphatic carbocycles. The van der Waals surface area contributed by atoms with Crippen LogP contribution in [0.25, 0.3) is 50.6 Å². The molecule has 3 aliphatic rings. The van der Waals surface area contributed by atoms with Gasteiger partial charge in [0.1, 0.15) is 0 Å². The van der Waals surface area contributed by atoms with Crippen LogP contribution in [0, 0.1) is 0 Å². The van der Waals surface area contributed by atoms with Gasteiger partial charge in [0.15, 0.2) is 28.8 Å². The number of fused-ring (bicyclic) bond motifs is 5. The zero-order chi connectivity index (χ0) is 31.5. The molecular formula is C43H32N2O2. The Morgan fingerprint density at radius 1 is 0.574 bits per heavy atom. The topological polar surface area (TPSA) is 44.2 Å². The normalized spacial score (nSPS) is 15.2. The number of hydrogen-bond donors (Lipinski definition) is 0. The molecule has 0 unspecified atom stereocenters. The fourth-order valence-electron chi connectivity index (χ4n) is 7.23. The van der Waals surface area contributed by atoms with Gasteiger partial charge >= 0.3 is 0 Å². The Balaban J connectivity index is 1.13. The zero-order valence-electron chi connectivity index (χ0n) is 26.3. The zero-order valence-corrected chi connectivity index (χ0v) is 26.3. The summed E-state index contributed by atoms with van der Waals surface area (Å²) in [5.74, 6) is 3.51. The highest BCUT2D eigenvalue weighted by Gasteiger charge is 2.41. The van der Waals surface area contributed by atoms with Gasteiger partial charge in [-0.3, -0.25) is 0 Å². The molecule has 1 aliphatic heterocycles. The minimum atomic E-state index is -0.0443. The summed E-state index contributed by atoms with van der Waals surface area (Å²) < 4.78 is 13.2. The van der Waals surface area contributed by atoms with Crippen LogP contribution in [0.5, 0.6) is 23.0 Å². The van der Waals surface area contributed by atoms with Gasteiger partial charge in [0.25, 0.3) is 0 Å². The van der Waals surface area contributed by atoms with Crippen molar-refractivity contribution in [1.82, 2.24) is 9.97 Å². The van der Waals surface area contributed by atoms with Crippen LogP contribution in [0.2, 0.25) is 0 Å². The highest BCUT2D eigenvalue weighted by molar-refractivity contribution is 5.91. The molecule has 0 amide bonds. The van der Waals surface area contributed by atoms with Crippen molar-refractivity contribution < 1.29 is 9.47 Å². The van der Waals surface area contributed by atoms with Crippen molar-refractivity contribution in [1.29, 1.82) is 0 Å². The Morgan fingerprint density at radius 2 is 1.19 bits per heavy atom. The molecule has 0 saturated carbocycles. The summed E-state index contributed by atoms with van der Waals surface area (Å²) in [5.41, 5.74) is 12.1. The smallest absolute Gasteiger partial charge is 0.178 e. The quantitative estimate of drug-likeness (QED) is 0.199. The minimum Gasteiger partial charge on any atom is -0.449 e. The molecule has 0 N–H and O–H groups in total. The first kappa shape index (κ1) is 27.6. The van der Waals surface area contributed by atoms with E-state index < -0.39 is 0 Å². The van der Waals surface area contributed by atoms with E-state index in [1.807, 2.05) is 42.5 Å². The lowest BCUT2D eigenvalue weighted by molar-refractivity contribution is 0.358. The van der Waals surface area contributed by atoms with Crippen molar-refractivity contribution in [3.63, 3.8) is 0 Å². The van der Waals surface area contributed by atoms with Gasteiger partial charge in [0.05, 0.1) is 11.4 Å². The number of aromatic nitrogens is 2. The van der Waals surface area contributed by atoms with Crippen molar-refractivity contribution in [2.75, 3.05) is 0 Å². The molecule has 9 rings (SSSR count). The minimum absolute atomic E-state index is 0.0443. The first-order valence-corrected chi connectivity index (χ1v) is 16.2. The van der Waals surface area contributed by atoms with Gasteiger partial charge in [0.2, 0.25) is 0 Å². The molecular weight excluding hydrogens is 576 g/mol. The van der Waals surface area contributed by atoms with E-state index in [0.717, 1.165) is 58.0 Å². The monoisotopic (exact) mass is 608 g/mol. The van der Waals surface area contributed by atoms with Crippen LogP contribution in [0.3, 0.4) is 0 Å². The third-order valence-electron chi connectivity index (χ3n) is 9.71. The molecule has 0 saturated heterocycles. The third-order valence-corrected chi connectivity index (χ3v) is 9.71. The maximum Gasteiger partial charge on any atom is 0.178 e.